The van der Waals surface area contributed by atoms with Crippen molar-refractivity contribution in [2.45, 2.75) is 6.61 Å². The highest BCUT2D eigenvalue weighted by Gasteiger charge is 2.25. The Morgan fingerprint density at radius 3 is 2.38 bits per heavy atom. The van der Waals surface area contributed by atoms with Crippen LogP contribution in [0.3, 0.4) is 0 Å². The highest BCUT2D eigenvalue weighted by atomic mass is 19.1. The fourth-order valence-electron chi connectivity index (χ4n) is 2.02. The van der Waals surface area contributed by atoms with Crippen LogP contribution in [0.1, 0.15) is 15.9 Å². The van der Waals surface area contributed by atoms with Gasteiger partial charge in [-0.25, -0.2) is 9.18 Å². The van der Waals surface area contributed by atoms with Gasteiger partial charge in [0.05, 0.1) is 25.2 Å². The van der Waals surface area contributed by atoms with Gasteiger partial charge >= 0.3 is 5.97 Å². The number of carbonyl (C=O) groups excluding carboxylic acids is 1. The van der Waals surface area contributed by atoms with E-state index >= 15 is 0 Å². The van der Waals surface area contributed by atoms with Gasteiger partial charge in [-0.1, -0.05) is 18.2 Å². The second kappa shape index (κ2) is 7.40. The Balaban J connectivity index is 2.30. The SMILES string of the molecule is COc1cc(C(=O)OCc2ccccc2F)c([N+](=O)[O-])cc1OC. The number of nitro benzene ring substituents is 1. The smallest absolute Gasteiger partial charge is 0.345 e. The number of esters is 1. The standard InChI is InChI=1S/C16H14FNO6/c1-22-14-7-11(13(18(20)21)8-15(14)23-2)16(19)24-9-10-5-3-4-6-12(10)17/h3-8H,9H2,1-2H3. The van der Waals surface area contributed by atoms with Crippen molar-refractivity contribution in [3.05, 3.63) is 63.5 Å². The normalized spacial score (nSPS) is 10.1. The summed E-state index contributed by atoms with van der Waals surface area (Å²) in [5, 5.41) is 11.2. The van der Waals surface area contributed by atoms with Crippen molar-refractivity contribution in [3.63, 3.8) is 0 Å². The molecule has 0 unspecified atom stereocenters. The zero-order valence-electron chi connectivity index (χ0n) is 12.9. The van der Waals surface area contributed by atoms with Crippen LogP contribution in [-0.2, 0) is 11.3 Å². The number of nitro groups is 1. The Morgan fingerprint density at radius 1 is 1.17 bits per heavy atom. The van der Waals surface area contributed by atoms with E-state index in [1.807, 2.05) is 0 Å². The molecule has 0 aliphatic rings. The molecule has 0 radical (unpaired) electrons. The van der Waals surface area contributed by atoms with Gasteiger partial charge in [0.15, 0.2) is 11.5 Å². The minimum absolute atomic E-state index is 0.106. The van der Waals surface area contributed by atoms with E-state index in [9.17, 15) is 19.3 Å². The number of hydrogen-bond acceptors (Lipinski definition) is 6. The fourth-order valence-corrected chi connectivity index (χ4v) is 2.02. The molecule has 2 aromatic carbocycles. The lowest BCUT2D eigenvalue weighted by atomic mass is 10.1. The van der Waals surface area contributed by atoms with Gasteiger partial charge in [0.25, 0.3) is 5.69 Å². The van der Waals surface area contributed by atoms with E-state index in [2.05, 4.69) is 0 Å². The van der Waals surface area contributed by atoms with Crippen LogP contribution in [0.5, 0.6) is 11.5 Å². The molecule has 0 aliphatic carbocycles. The number of benzene rings is 2. The molecule has 0 N–H and O–H groups in total. The third-order valence-electron chi connectivity index (χ3n) is 3.24. The Morgan fingerprint density at radius 2 is 1.79 bits per heavy atom. The summed E-state index contributed by atoms with van der Waals surface area (Å²) in [5.74, 6) is -1.26. The molecule has 7 nitrogen and oxygen atoms in total. The monoisotopic (exact) mass is 335 g/mol. The number of halogens is 1. The topological polar surface area (TPSA) is 87.9 Å². The Hall–Kier alpha value is -3.16. The van der Waals surface area contributed by atoms with Crippen molar-refractivity contribution in [1.29, 1.82) is 0 Å². The number of rotatable bonds is 6. The molecule has 0 bridgehead atoms. The lowest BCUT2D eigenvalue weighted by Gasteiger charge is -2.10. The van der Waals surface area contributed by atoms with E-state index in [0.29, 0.717) is 0 Å². The summed E-state index contributed by atoms with van der Waals surface area (Å²) in [6, 6.07) is 7.98. The largest absolute Gasteiger partial charge is 0.493 e. The van der Waals surface area contributed by atoms with Gasteiger partial charge in [-0.2, -0.15) is 0 Å². The van der Waals surface area contributed by atoms with Crippen molar-refractivity contribution >= 4 is 11.7 Å². The van der Waals surface area contributed by atoms with Gasteiger partial charge < -0.3 is 14.2 Å². The molecular formula is C16H14FNO6. The zero-order chi connectivity index (χ0) is 17.7. The second-order valence-corrected chi connectivity index (χ2v) is 4.65. The number of carbonyl (C=O) groups is 1. The van der Waals surface area contributed by atoms with Gasteiger partial charge in [0, 0.05) is 11.6 Å². The van der Waals surface area contributed by atoms with Gasteiger partial charge in [0.1, 0.15) is 18.0 Å². The summed E-state index contributed by atoms with van der Waals surface area (Å²) in [5.41, 5.74) is -0.644. The van der Waals surface area contributed by atoms with Gasteiger partial charge in [-0.3, -0.25) is 10.1 Å². The molecule has 24 heavy (non-hydrogen) atoms. The summed E-state index contributed by atoms with van der Waals surface area (Å²) in [6.07, 6.45) is 0. The molecule has 0 atom stereocenters. The summed E-state index contributed by atoms with van der Waals surface area (Å²) in [4.78, 5) is 22.6. The Kier molecular flexibility index (Phi) is 5.31. The molecule has 2 rings (SSSR count). The predicted molar refractivity (Wildman–Crippen MR) is 81.7 cm³/mol. The van der Waals surface area contributed by atoms with E-state index in [1.165, 1.54) is 32.4 Å². The van der Waals surface area contributed by atoms with Crippen molar-refractivity contribution in [1.82, 2.24) is 0 Å². The van der Waals surface area contributed by atoms with E-state index in [-0.39, 0.29) is 29.2 Å². The highest BCUT2D eigenvalue weighted by Crippen LogP contribution is 2.34. The molecule has 8 heteroatoms. The summed E-state index contributed by atoms with van der Waals surface area (Å²) in [6.45, 7) is -0.350. The minimum Gasteiger partial charge on any atom is -0.493 e. The molecule has 0 saturated heterocycles. The van der Waals surface area contributed by atoms with Crippen LogP contribution in [0, 0.1) is 15.9 Å². The lowest BCUT2D eigenvalue weighted by molar-refractivity contribution is -0.385. The molecule has 2 aromatic rings. The average Bonchev–Trinajstić information content (AvgIpc) is 2.59. The molecule has 0 heterocycles. The lowest BCUT2D eigenvalue weighted by Crippen LogP contribution is -2.10. The first kappa shape index (κ1) is 17.2. The van der Waals surface area contributed by atoms with Crippen LogP contribution >= 0.6 is 0 Å². The van der Waals surface area contributed by atoms with Crippen LogP contribution < -0.4 is 9.47 Å². The quantitative estimate of drug-likeness (QED) is 0.458. The molecule has 0 saturated carbocycles. The van der Waals surface area contributed by atoms with Crippen molar-refractivity contribution in [3.8, 4) is 11.5 Å². The van der Waals surface area contributed by atoms with Crippen LogP contribution in [-0.4, -0.2) is 25.1 Å². The Bertz CT molecular complexity index is 777. The van der Waals surface area contributed by atoms with Crippen LogP contribution in [0.2, 0.25) is 0 Å². The van der Waals surface area contributed by atoms with Crippen LogP contribution in [0.4, 0.5) is 10.1 Å². The van der Waals surface area contributed by atoms with Crippen molar-refractivity contribution in [2.24, 2.45) is 0 Å². The minimum atomic E-state index is -0.967. The number of ether oxygens (including phenoxy) is 3. The summed E-state index contributed by atoms with van der Waals surface area (Å²) < 4.78 is 28.5. The number of methoxy groups -OCH3 is 2. The maximum absolute atomic E-state index is 13.5. The van der Waals surface area contributed by atoms with Crippen LogP contribution in [0.15, 0.2) is 36.4 Å². The maximum atomic E-state index is 13.5. The fraction of sp³-hybridized carbons (Fsp3) is 0.188. The van der Waals surface area contributed by atoms with E-state index in [1.54, 1.807) is 6.07 Å². The molecular weight excluding hydrogens is 321 g/mol. The third-order valence-corrected chi connectivity index (χ3v) is 3.24. The maximum Gasteiger partial charge on any atom is 0.345 e. The zero-order valence-corrected chi connectivity index (χ0v) is 12.9. The number of hydrogen-bond donors (Lipinski definition) is 0. The third kappa shape index (κ3) is 3.60. The summed E-state index contributed by atoms with van der Waals surface area (Å²) >= 11 is 0. The predicted octanol–water partition coefficient (Wildman–Crippen LogP) is 3.11. The molecule has 0 aromatic heterocycles. The van der Waals surface area contributed by atoms with E-state index in [0.717, 1.165) is 12.1 Å². The van der Waals surface area contributed by atoms with Gasteiger partial charge in [-0.15, -0.1) is 0 Å². The van der Waals surface area contributed by atoms with E-state index in [4.69, 9.17) is 14.2 Å². The molecule has 0 fully saturated rings. The second-order valence-electron chi connectivity index (χ2n) is 4.65. The van der Waals surface area contributed by atoms with Crippen LogP contribution in [0.25, 0.3) is 0 Å². The van der Waals surface area contributed by atoms with E-state index < -0.39 is 22.4 Å². The number of nitrogens with zero attached hydrogens (tertiary/aromatic N) is 1. The molecule has 0 spiro atoms. The van der Waals surface area contributed by atoms with Crippen molar-refractivity contribution in [2.75, 3.05) is 14.2 Å². The van der Waals surface area contributed by atoms with Gasteiger partial charge in [-0.05, 0) is 6.07 Å². The average molecular weight is 335 g/mol. The first-order valence-corrected chi connectivity index (χ1v) is 6.79. The summed E-state index contributed by atoms with van der Waals surface area (Å²) in [7, 11) is 2.65. The first-order valence-electron chi connectivity index (χ1n) is 6.79. The van der Waals surface area contributed by atoms with Gasteiger partial charge in [0.2, 0.25) is 0 Å². The Labute approximate surface area is 136 Å². The first-order chi connectivity index (χ1) is 11.5. The highest BCUT2D eigenvalue weighted by molar-refractivity contribution is 5.95. The molecule has 0 amide bonds. The van der Waals surface area contributed by atoms with Crippen molar-refractivity contribution < 1.29 is 28.3 Å². The molecule has 126 valence electrons. The molecule has 0 aliphatic heterocycles.